The Bertz CT molecular complexity index is 684. The number of carboxylic acid groups (broad SMARTS) is 1. The molecule has 1 aliphatic rings. The van der Waals surface area contributed by atoms with Gasteiger partial charge in [0, 0.05) is 13.8 Å². The monoisotopic (exact) mass is 331 g/mol. The van der Waals surface area contributed by atoms with E-state index in [-0.39, 0.29) is 17.9 Å². The number of hydrogen-bond acceptors (Lipinski definition) is 5. The fourth-order valence-electron chi connectivity index (χ4n) is 2.56. The van der Waals surface area contributed by atoms with Crippen LogP contribution >= 0.6 is 0 Å². The minimum atomic E-state index is -1.23. The van der Waals surface area contributed by atoms with Gasteiger partial charge in [-0.05, 0) is 12.0 Å². The number of nitrogens with one attached hydrogen (secondary N) is 1. The predicted molar refractivity (Wildman–Crippen MR) is 83.1 cm³/mol. The largest absolute Gasteiger partial charge is 0.465 e. The van der Waals surface area contributed by atoms with Gasteiger partial charge in [0.1, 0.15) is 0 Å². The van der Waals surface area contributed by atoms with Crippen LogP contribution in [0.2, 0.25) is 0 Å². The zero-order chi connectivity index (χ0) is 17.7. The summed E-state index contributed by atoms with van der Waals surface area (Å²) in [6, 6.07) is 8.12. The first-order valence-corrected chi connectivity index (χ1v) is 7.28. The smallest absolute Gasteiger partial charge is 0.405 e. The van der Waals surface area contributed by atoms with Crippen LogP contribution in [0.4, 0.5) is 4.79 Å². The van der Waals surface area contributed by atoms with Gasteiger partial charge in [-0.15, -0.1) is 0 Å². The molecule has 2 N–H and O–H groups in total. The molecule has 0 radical (unpaired) electrons. The Morgan fingerprint density at radius 2 is 1.75 bits per heavy atom. The Labute approximate surface area is 138 Å². The number of hydrogen-bond donors (Lipinski definition) is 2. The summed E-state index contributed by atoms with van der Waals surface area (Å²) in [6.07, 6.45) is -1.17. The number of amides is 1. The minimum Gasteiger partial charge on any atom is -0.465 e. The number of ether oxygens (including phenoxy) is 2. The Kier molecular flexibility index (Phi) is 5.09. The zero-order valence-corrected chi connectivity index (χ0v) is 13.2. The van der Waals surface area contributed by atoms with Gasteiger partial charge in [-0.1, -0.05) is 30.3 Å². The van der Waals surface area contributed by atoms with Crippen molar-refractivity contribution in [1.82, 2.24) is 5.32 Å². The van der Waals surface area contributed by atoms with Gasteiger partial charge in [0.05, 0.1) is 12.0 Å². The lowest BCUT2D eigenvalue weighted by Gasteiger charge is -2.37. The van der Waals surface area contributed by atoms with Crippen molar-refractivity contribution in [2.75, 3.05) is 0 Å². The van der Waals surface area contributed by atoms with E-state index in [0.717, 1.165) is 0 Å². The molecule has 1 atom stereocenters. The second-order valence-electron chi connectivity index (χ2n) is 5.74. The molecule has 0 spiro atoms. The molecule has 1 saturated heterocycles. The van der Waals surface area contributed by atoms with Crippen LogP contribution in [-0.2, 0) is 19.1 Å². The molecule has 0 aromatic heterocycles. The average Bonchev–Trinajstić information content (AvgIpc) is 2.55. The molecule has 1 heterocycles. The molecule has 1 fully saturated rings. The summed E-state index contributed by atoms with van der Waals surface area (Å²) in [5, 5.41) is 11.4. The zero-order valence-electron chi connectivity index (χ0n) is 13.2. The third-order valence-electron chi connectivity index (χ3n) is 3.52. The van der Waals surface area contributed by atoms with Crippen molar-refractivity contribution < 1.29 is 29.0 Å². The van der Waals surface area contributed by atoms with Crippen LogP contribution < -0.4 is 5.32 Å². The van der Waals surface area contributed by atoms with Crippen LogP contribution in [0, 0.1) is 5.92 Å². The van der Waals surface area contributed by atoms with Crippen LogP contribution in [-0.4, -0.2) is 28.9 Å². The lowest BCUT2D eigenvalue weighted by Crippen LogP contribution is -2.39. The van der Waals surface area contributed by atoms with Gasteiger partial charge in [-0.2, -0.15) is 0 Å². The number of rotatable bonds is 4. The normalized spacial score (nSPS) is 20.0. The summed E-state index contributed by atoms with van der Waals surface area (Å²) in [4.78, 5) is 33.6. The van der Waals surface area contributed by atoms with Crippen molar-refractivity contribution in [1.29, 1.82) is 0 Å². The maximum Gasteiger partial charge on any atom is 0.405 e. The molecule has 0 bridgehead atoms. The molecule has 0 aliphatic carbocycles. The van der Waals surface area contributed by atoms with Gasteiger partial charge in [0.2, 0.25) is 5.79 Å². The van der Waals surface area contributed by atoms with E-state index in [4.69, 9.17) is 14.6 Å². The SMILES string of the molecule is CC1(C)OC(=C=O)C(CC(NC(=O)O)c2ccccc2)C(=C=O)O1. The molecular weight excluding hydrogens is 314 g/mol. The van der Waals surface area contributed by atoms with Crippen LogP contribution in [0.25, 0.3) is 0 Å². The quantitative estimate of drug-likeness (QED) is 0.820. The predicted octanol–water partition coefficient (Wildman–Crippen LogP) is 2.22. The lowest BCUT2D eigenvalue weighted by atomic mass is 9.91. The molecule has 7 heteroatoms. The van der Waals surface area contributed by atoms with E-state index in [2.05, 4.69) is 5.32 Å². The van der Waals surface area contributed by atoms with E-state index < -0.39 is 23.8 Å². The Morgan fingerprint density at radius 3 is 2.21 bits per heavy atom. The third kappa shape index (κ3) is 4.04. The maximum absolute atomic E-state index is 11.2. The fourth-order valence-corrected chi connectivity index (χ4v) is 2.56. The van der Waals surface area contributed by atoms with E-state index in [1.807, 2.05) is 0 Å². The Hall–Kier alpha value is -3.01. The summed E-state index contributed by atoms with van der Waals surface area (Å²) >= 11 is 0. The summed E-state index contributed by atoms with van der Waals surface area (Å²) in [7, 11) is 0. The highest BCUT2D eigenvalue weighted by atomic mass is 16.7. The van der Waals surface area contributed by atoms with Gasteiger partial charge in [-0.25, -0.2) is 14.4 Å². The highest BCUT2D eigenvalue weighted by Gasteiger charge is 2.40. The van der Waals surface area contributed by atoms with E-state index >= 15 is 0 Å². The summed E-state index contributed by atoms with van der Waals surface area (Å²) < 4.78 is 10.8. The average molecular weight is 331 g/mol. The number of benzene rings is 1. The van der Waals surface area contributed by atoms with E-state index in [0.29, 0.717) is 5.56 Å². The molecule has 1 amide bonds. The first kappa shape index (κ1) is 17.3. The van der Waals surface area contributed by atoms with E-state index in [1.165, 1.54) is 0 Å². The Balaban J connectivity index is 2.34. The van der Waals surface area contributed by atoms with E-state index in [9.17, 15) is 14.4 Å². The summed E-state index contributed by atoms with van der Waals surface area (Å²) in [5.74, 6) is 1.05. The van der Waals surface area contributed by atoms with Crippen molar-refractivity contribution >= 4 is 18.0 Å². The van der Waals surface area contributed by atoms with Gasteiger partial charge < -0.3 is 19.9 Å². The molecule has 0 saturated carbocycles. The topological polar surface area (TPSA) is 102 Å². The number of carbonyl (C=O) groups is 1. The molecule has 1 unspecified atom stereocenters. The van der Waals surface area contributed by atoms with Crippen LogP contribution in [0.3, 0.4) is 0 Å². The third-order valence-corrected chi connectivity index (χ3v) is 3.52. The van der Waals surface area contributed by atoms with Gasteiger partial charge in [0.15, 0.2) is 23.4 Å². The highest BCUT2D eigenvalue weighted by molar-refractivity contribution is 5.65. The maximum atomic E-state index is 11.2. The van der Waals surface area contributed by atoms with Gasteiger partial charge in [-0.3, -0.25) is 0 Å². The first-order chi connectivity index (χ1) is 11.4. The molecule has 126 valence electrons. The van der Waals surface area contributed by atoms with Crippen molar-refractivity contribution in [3.8, 4) is 0 Å². The fraction of sp³-hybridized carbons (Fsp3) is 0.353. The first-order valence-electron chi connectivity index (χ1n) is 7.28. The second kappa shape index (κ2) is 7.04. The molecular formula is C17H17NO6. The summed E-state index contributed by atoms with van der Waals surface area (Å²) in [5.41, 5.74) is 0.681. The second-order valence-corrected chi connectivity index (χ2v) is 5.74. The summed E-state index contributed by atoms with van der Waals surface area (Å²) in [6.45, 7) is 3.09. The molecule has 1 aromatic rings. The van der Waals surface area contributed by atoms with Crippen LogP contribution in [0.5, 0.6) is 0 Å². The standard InChI is InChI=1S/C17H17NO6/c1-17(2)23-14(9-19)12(15(10-20)24-17)8-13(18-16(21)22)11-6-4-3-5-7-11/h3-7,12-13,18H,8H2,1-2H3,(H,21,22). The molecule has 7 nitrogen and oxygen atoms in total. The Morgan fingerprint density at radius 1 is 1.21 bits per heavy atom. The van der Waals surface area contributed by atoms with Crippen molar-refractivity contribution in [2.45, 2.75) is 32.1 Å². The van der Waals surface area contributed by atoms with Crippen LogP contribution in [0.15, 0.2) is 41.9 Å². The van der Waals surface area contributed by atoms with E-state index in [1.54, 1.807) is 56.1 Å². The highest BCUT2D eigenvalue weighted by Crippen LogP contribution is 2.38. The van der Waals surface area contributed by atoms with Crippen LogP contribution in [0.1, 0.15) is 31.9 Å². The molecule has 1 aromatic carbocycles. The molecule has 2 rings (SSSR count). The van der Waals surface area contributed by atoms with Crippen molar-refractivity contribution in [2.24, 2.45) is 5.92 Å². The molecule has 24 heavy (non-hydrogen) atoms. The lowest BCUT2D eigenvalue weighted by molar-refractivity contribution is -0.198. The van der Waals surface area contributed by atoms with Crippen molar-refractivity contribution in [3.05, 3.63) is 47.4 Å². The van der Waals surface area contributed by atoms with Gasteiger partial charge in [0.25, 0.3) is 0 Å². The minimum absolute atomic E-state index is 0.0571. The number of carbonyl (C=O) groups excluding carboxylic acids is 2. The van der Waals surface area contributed by atoms with Gasteiger partial charge >= 0.3 is 6.09 Å². The van der Waals surface area contributed by atoms with Crippen molar-refractivity contribution in [3.63, 3.8) is 0 Å². The molecule has 1 aliphatic heterocycles.